The Hall–Kier alpha value is -0.700. The van der Waals surface area contributed by atoms with E-state index in [0.717, 1.165) is 23.7 Å². The lowest BCUT2D eigenvalue weighted by atomic mass is 9.44. The van der Waals surface area contributed by atoms with Crippen molar-refractivity contribution in [2.45, 2.75) is 147 Å². The maximum Gasteiger partial charge on any atom is -0.0141 e. The van der Waals surface area contributed by atoms with E-state index in [0.29, 0.717) is 21.7 Å². The number of unbranched alkanes of at least 4 members (excludes halogenated alkanes) is 1. The molecule has 0 N–H and O–H groups in total. The first-order chi connectivity index (χ1) is 15.5. The highest BCUT2D eigenvalue weighted by Gasteiger charge is 2.60. The van der Waals surface area contributed by atoms with E-state index in [9.17, 15) is 0 Å². The number of allylic oxidation sites excluding steroid dienone is 2. The molecule has 0 radical (unpaired) electrons. The average Bonchev–Trinajstić information content (AvgIpc) is 3.10. The fraction of sp³-hybridized carbons (Fsp3) is 0.882. The molecule has 198 valence electrons. The summed E-state index contributed by atoms with van der Waals surface area (Å²) < 4.78 is 0. The number of rotatable bonds is 4. The second-order valence-corrected chi connectivity index (χ2v) is 14.0. The molecule has 4 rings (SSSR count). The van der Waals surface area contributed by atoms with Crippen LogP contribution in [0.5, 0.6) is 0 Å². The Labute approximate surface area is 216 Å². The summed E-state index contributed by atoms with van der Waals surface area (Å²) in [7, 11) is 0. The van der Waals surface area contributed by atoms with Gasteiger partial charge in [0.2, 0.25) is 0 Å². The van der Waals surface area contributed by atoms with E-state index < -0.39 is 0 Å². The Balaban J connectivity index is 0.00000110. The first-order valence-electron chi connectivity index (χ1n) is 14.5. The normalized spacial score (nSPS) is 37.7. The SMILES string of the molecule is C.C#C.CC.CC(C)(C)CCCCC1CCC2C3CC=C4C(CCCC4(C)C)C3(C)CCC12C. The molecule has 34 heavy (non-hydrogen) atoms. The van der Waals surface area contributed by atoms with Crippen LogP contribution in [0.1, 0.15) is 147 Å². The molecule has 6 unspecified atom stereocenters. The third-order valence-corrected chi connectivity index (χ3v) is 10.7. The maximum absolute atomic E-state index is 4.00. The third-order valence-electron chi connectivity index (χ3n) is 10.7. The molecule has 0 bridgehead atoms. The summed E-state index contributed by atoms with van der Waals surface area (Å²) in [5.74, 6) is 3.85. The highest BCUT2D eigenvalue weighted by atomic mass is 14.6. The molecule has 3 fully saturated rings. The van der Waals surface area contributed by atoms with E-state index in [-0.39, 0.29) is 7.43 Å². The Morgan fingerprint density at radius 3 is 2.09 bits per heavy atom. The number of terminal acetylenes is 1. The van der Waals surface area contributed by atoms with Gasteiger partial charge >= 0.3 is 0 Å². The largest absolute Gasteiger partial charge is 0.124 e. The van der Waals surface area contributed by atoms with Gasteiger partial charge in [0.05, 0.1) is 0 Å². The Kier molecular flexibility index (Phi) is 11.1. The van der Waals surface area contributed by atoms with Crippen molar-refractivity contribution in [2.75, 3.05) is 0 Å². The fourth-order valence-corrected chi connectivity index (χ4v) is 8.84. The van der Waals surface area contributed by atoms with Gasteiger partial charge in [-0.15, -0.1) is 12.8 Å². The highest BCUT2D eigenvalue weighted by Crippen LogP contribution is 2.69. The minimum atomic E-state index is 0. The van der Waals surface area contributed by atoms with Gasteiger partial charge in [0.1, 0.15) is 0 Å². The quantitative estimate of drug-likeness (QED) is 0.218. The van der Waals surface area contributed by atoms with Crippen molar-refractivity contribution in [2.24, 2.45) is 45.3 Å². The van der Waals surface area contributed by atoms with Crippen LogP contribution in [0.4, 0.5) is 0 Å². The summed E-state index contributed by atoms with van der Waals surface area (Å²) >= 11 is 0. The van der Waals surface area contributed by atoms with Crippen LogP contribution in [-0.2, 0) is 0 Å². The fourth-order valence-electron chi connectivity index (χ4n) is 8.84. The summed E-state index contributed by atoms with van der Waals surface area (Å²) in [6.45, 7) is 21.7. The lowest BCUT2D eigenvalue weighted by Crippen LogP contribution is -2.53. The van der Waals surface area contributed by atoms with Gasteiger partial charge in [-0.3, -0.25) is 0 Å². The van der Waals surface area contributed by atoms with Crippen LogP contribution < -0.4 is 0 Å². The van der Waals surface area contributed by atoms with Gasteiger partial charge in [0.15, 0.2) is 0 Å². The topological polar surface area (TPSA) is 0 Å². The molecule has 0 heterocycles. The second kappa shape index (κ2) is 12.0. The first kappa shape index (κ1) is 31.3. The predicted molar refractivity (Wildman–Crippen MR) is 155 cm³/mol. The van der Waals surface area contributed by atoms with E-state index in [1.807, 2.05) is 19.4 Å². The minimum Gasteiger partial charge on any atom is -0.124 e. The molecule has 4 aliphatic carbocycles. The molecule has 0 aromatic heterocycles. The molecule has 3 saturated carbocycles. The van der Waals surface area contributed by atoms with Gasteiger partial charge in [-0.05, 0) is 103 Å². The Morgan fingerprint density at radius 1 is 0.853 bits per heavy atom. The summed E-state index contributed by atoms with van der Waals surface area (Å²) in [6, 6.07) is 0. The molecular formula is C34H62. The van der Waals surface area contributed by atoms with Crippen LogP contribution in [0.2, 0.25) is 0 Å². The molecule has 6 atom stereocenters. The van der Waals surface area contributed by atoms with Crippen LogP contribution in [0.25, 0.3) is 0 Å². The van der Waals surface area contributed by atoms with E-state index >= 15 is 0 Å². The zero-order chi connectivity index (χ0) is 25.1. The van der Waals surface area contributed by atoms with Crippen LogP contribution in [0, 0.1) is 58.2 Å². The molecule has 0 saturated heterocycles. The lowest BCUT2D eigenvalue weighted by Gasteiger charge is -2.61. The smallest absolute Gasteiger partial charge is 0.0141 e. The molecular weight excluding hydrogens is 408 g/mol. The monoisotopic (exact) mass is 470 g/mol. The first-order valence-corrected chi connectivity index (χ1v) is 14.5. The molecule has 0 nitrogen and oxygen atoms in total. The Bertz CT molecular complexity index is 670. The van der Waals surface area contributed by atoms with E-state index in [1.54, 1.807) is 0 Å². The molecule has 0 amide bonds. The number of hydrogen-bond acceptors (Lipinski definition) is 0. The van der Waals surface area contributed by atoms with Crippen molar-refractivity contribution in [3.8, 4) is 12.8 Å². The second-order valence-electron chi connectivity index (χ2n) is 14.0. The molecule has 0 aromatic rings. The highest BCUT2D eigenvalue weighted by molar-refractivity contribution is 5.27. The average molecular weight is 471 g/mol. The van der Waals surface area contributed by atoms with E-state index in [1.165, 1.54) is 77.0 Å². The number of hydrogen-bond donors (Lipinski definition) is 0. The minimum absolute atomic E-state index is 0. The maximum atomic E-state index is 4.00. The molecule has 0 spiro atoms. The summed E-state index contributed by atoms with van der Waals surface area (Å²) in [5.41, 5.74) is 4.06. The molecule has 0 aromatic carbocycles. The van der Waals surface area contributed by atoms with Gasteiger partial charge in [0, 0.05) is 0 Å². The van der Waals surface area contributed by atoms with Crippen LogP contribution in [-0.4, -0.2) is 0 Å². The van der Waals surface area contributed by atoms with Crippen LogP contribution in [0.3, 0.4) is 0 Å². The third kappa shape index (κ3) is 5.98. The Morgan fingerprint density at radius 2 is 1.47 bits per heavy atom. The standard InChI is InChI=1S/C29H50.C2H6.C2H2.CH4/c1-26(2,3)17-9-8-11-21-13-14-24-25-16-15-22-23(12-10-18-27(22,4)5)29(25,7)20-19-28(21,24)6;2*1-2;/h15,21,23-25H,8-14,16-20H2,1-7H3;1-2H3;1-2H;1H4. The van der Waals surface area contributed by atoms with Crippen molar-refractivity contribution in [1.82, 2.24) is 0 Å². The van der Waals surface area contributed by atoms with Crippen molar-refractivity contribution >= 4 is 0 Å². The van der Waals surface area contributed by atoms with E-state index in [2.05, 4.69) is 67.4 Å². The van der Waals surface area contributed by atoms with Crippen LogP contribution in [0.15, 0.2) is 11.6 Å². The van der Waals surface area contributed by atoms with E-state index in [4.69, 9.17) is 0 Å². The molecule has 4 aliphatic rings. The summed E-state index contributed by atoms with van der Waals surface area (Å²) in [6.07, 6.45) is 28.4. The van der Waals surface area contributed by atoms with Gasteiger partial charge in [-0.2, -0.15) is 0 Å². The van der Waals surface area contributed by atoms with Crippen molar-refractivity contribution in [1.29, 1.82) is 0 Å². The van der Waals surface area contributed by atoms with Crippen molar-refractivity contribution in [3.63, 3.8) is 0 Å². The zero-order valence-corrected chi connectivity index (χ0v) is 24.0. The van der Waals surface area contributed by atoms with Gasteiger partial charge in [-0.1, -0.05) is 101 Å². The molecule has 0 aliphatic heterocycles. The van der Waals surface area contributed by atoms with Crippen molar-refractivity contribution in [3.05, 3.63) is 11.6 Å². The number of fused-ring (bicyclic) bond motifs is 5. The van der Waals surface area contributed by atoms with Gasteiger partial charge in [-0.25, -0.2) is 0 Å². The summed E-state index contributed by atoms with van der Waals surface area (Å²) in [4.78, 5) is 0. The van der Waals surface area contributed by atoms with Crippen molar-refractivity contribution < 1.29 is 0 Å². The molecule has 0 heteroatoms. The lowest BCUT2D eigenvalue weighted by molar-refractivity contribution is -0.0790. The summed E-state index contributed by atoms with van der Waals surface area (Å²) in [5, 5.41) is 0. The van der Waals surface area contributed by atoms with Crippen LogP contribution >= 0.6 is 0 Å². The van der Waals surface area contributed by atoms with Gasteiger partial charge < -0.3 is 0 Å². The van der Waals surface area contributed by atoms with Gasteiger partial charge in [0.25, 0.3) is 0 Å². The zero-order valence-electron chi connectivity index (χ0n) is 24.0. The predicted octanol–water partition coefficient (Wildman–Crippen LogP) is 11.1.